The Morgan fingerprint density at radius 1 is 1.28 bits per heavy atom. The van der Waals surface area contributed by atoms with Crippen molar-refractivity contribution in [3.63, 3.8) is 0 Å². The molecule has 0 amide bonds. The zero-order valence-electron chi connectivity index (χ0n) is 12.4. The summed E-state index contributed by atoms with van der Waals surface area (Å²) < 4.78 is 5.49. The van der Waals surface area contributed by atoms with Crippen molar-refractivity contribution in [2.24, 2.45) is 22.5 Å². The van der Waals surface area contributed by atoms with Gasteiger partial charge in [0, 0.05) is 26.3 Å². The molecule has 0 bridgehead atoms. The lowest BCUT2D eigenvalue weighted by atomic mass is 9.79. The fourth-order valence-corrected chi connectivity index (χ4v) is 3.39. The van der Waals surface area contributed by atoms with Crippen LogP contribution in [0.5, 0.6) is 0 Å². The minimum absolute atomic E-state index is 0.324. The second kappa shape index (κ2) is 5.48. The molecule has 3 nitrogen and oxygen atoms in total. The topological polar surface area (TPSA) is 38.5 Å². The Kier molecular flexibility index (Phi) is 4.35. The van der Waals surface area contributed by atoms with Crippen LogP contribution in [0.25, 0.3) is 0 Å². The highest BCUT2D eigenvalue weighted by Crippen LogP contribution is 2.37. The molecule has 2 N–H and O–H groups in total. The molecule has 0 spiro atoms. The maximum Gasteiger partial charge on any atom is 0.0472 e. The fourth-order valence-electron chi connectivity index (χ4n) is 3.39. The van der Waals surface area contributed by atoms with Gasteiger partial charge < -0.3 is 15.4 Å². The predicted octanol–water partition coefficient (Wildman–Crippen LogP) is 2.11. The van der Waals surface area contributed by atoms with Crippen molar-refractivity contribution in [2.45, 2.75) is 40.0 Å². The molecule has 2 heterocycles. The van der Waals surface area contributed by atoms with E-state index in [1.54, 1.807) is 0 Å². The third kappa shape index (κ3) is 3.25. The van der Waals surface area contributed by atoms with E-state index < -0.39 is 0 Å². The van der Waals surface area contributed by atoms with Gasteiger partial charge in [-0.2, -0.15) is 0 Å². The lowest BCUT2D eigenvalue weighted by Crippen LogP contribution is -2.45. The largest absolute Gasteiger partial charge is 0.381 e. The summed E-state index contributed by atoms with van der Waals surface area (Å²) in [5.74, 6) is 0.840. The summed E-state index contributed by atoms with van der Waals surface area (Å²) in [6.07, 6.45) is 3.63. The van der Waals surface area contributed by atoms with Gasteiger partial charge in [-0.25, -0.2) is 0 Å². The molecule has 2 aliphatic rings. The normalized spacial score (nSPS) is 29.7. The van der Waals surface area contributed by atoms with Crippen LogP contribution in [-0.4, -0.2) is 44.3 Å². The van der Waals surface area contributed by atoms with E-state index in [1.807, 2.05) is 0 Å². The van der Waals surface area contributed by atoms with E-state index >= 15 is 0 Å². The molecule has 1 unspecified atom stereocenters. The number of hydrogen-bond acceptors (Lipinski definition) is 3. The summed E-state index contributed by atoms with van der Waals surface area (Å²) >= 11 is 0. The predicted molar refractivity (Wildman–Crippen MR) is 75.5 cm³/mol. The second-order valence-electron chi connectivity index (χ2n) is 7.40. The highest BCUT2D eigenvalue weighted by atomic mass is 16.5. The van der Waals surface area contributed by atoms with E-state index in [-0.39, 0.29) is 0 Å². The first-order chi connectivity index (χ1) is 8.45. The molecule has 0 aromatic heterocycles. The number of nitrogens with two attached hydrogens (primary N) is 1. The maximum absolute atomic E-state index is 6.05. The van der Waals surface area contributed by atoms with Crippen molar-refractivity contribution in [3.8, 4) is 0 Å². The number of ether oxygens (including phenoxy) is 1. The van der Waals surface area contributed by atoms with E-state index in [1.165, 1.54) is 26.1 Å². The fraction of sp³-hybridized carbons (Fsp3) is 1.00. The average Bonchev–Trinajstić information content (AvgIpc) is 2.78. The minimum atomic E-state index is 0.324. The van der Waals surface area contributed by atoms with Gasteiger partial charge in [-0.3, -0.25) is 0 Å². The van der Waals surface area contributed by atoms with Crippen LogP contribution in [0, 0.1) is 16.7 Å². The van der Waals surface area contributed by atoms with Gasteiger partial charge in [0.25, 0.3) is 0 Å². The Hall–Kier alpha value is -0.120. The van der Waals surface area contributed by atoms with Crippen molar-refractivity contribution in [3.05, 3.63) is 0 Å². The van der Waals surface area contributed by atoms with Crippen LogP contribution in [0.3, 0.4) is 0 Å². The summed E-state index contributed by atoms with van der Waals surface area (Å²) in [6.45, 7) is 13.4. The molecule has 2 aliphatic heterocycles. The van der Waals surface area contributed by atoms with Crippen molar-refractivity contribution in [1.82, 2.24) is 4.90 Å². The molecular formula is C15H30N2O. The molecule has 1 atom stereocenters. The van der Waals surface area contributed by atoms with Crippen molar-refractivity contribution in [1.29, 1.82) is 0 Å². The smallest absolute Gasteiger partial charge is 0.0472 e. The Balaban J connectivity index is 1.90. The van der Waals surface area contributed by atoms with E-state index in [0.29, 0.717) is 10.8 Å². The first kappa shape index (κ1) is 14.3. The highest BCUT2D eigenvalue weighted by molar-refractivity contribution is 4.90. The highest BCUT2D eigenvalue weighted by Gasteiger charge is 2.37. The van der Waals surface area contributed by atoms with Gasteiger partial charge in [-0.15, -0.1) is 0 Å². The molecule has 0 aromatic carbocycles. The molecule has 18 heavy (non-hydrogen) atoms. The molecule has 3 heteroatoms. The minimum Gasteiger partial charge on any atom is -0.381 e. The lowest BCUT2D eigenvalue weighted by Gasteiger charge is -2.39. The molecule has 0 saturated carbocycles. The van der Waals surface area contributed by atoms with Crippen LogP contribution in [0.2, 0.25) is 0 Å². The molecular weight excluding hydrogens is 224 g/mol. The van der Waals surface area contributed by atoms with Crippen LogP contribution in [-0.2, 0) is 4.74 Å². The van der Waals surface area contributed by atoms with Gasteiger partial charge in [0.05, 0.1) is 0 Å². The zero-order chi connectivity index (χ0) is 13.2. The van der Waals surface area contributed by atoms with Crippen LogP contribution in [0.4, 0.5) is 0 Å². The molecule has 0 aliphatic carbocycles. The third-order valence-electron chi connectivity index (χ3n) is 5.04. The molecule has 2 saturated heterocycles. The van der Waals surface area contributed by atoms with Crippen molar-refractivity contribution < 1.29 is 4.74 Å². The molecule has 2 rings (SSSR count). The van der Waals surface area contributed by atoms with Gasteiger partial charge in [-0.05, 0) is 49.1 Å². The van der Waals surface area contributed by atoms with Crippen LogP contribution < -0.4 is 5.73 Å². The van der Waals surface area contributed by atoms with E-state index in [9.17, 15) is 0 Å². The van der Waals surface area contributed by atoms with E-state index in [4.69, 9.17) is 10.5 Å². The standard InChI is InChI=1S/C15H30N2O/c1-14(2,3)13-4-7-17(10-13)12-15(11-16)5-8-18-9-6-15/h13H,4-12,16H2,1-3H3. The summed E-state index contributed by atoms with van der Waals surface area (Å²) in [5, 5.41) is 0. The Morgan fingerprint density at radius 3 is 2.44 bits per heavy atom. The average molecular weight is 254 g/mol. The molecule has 106 valence electrons. The number of likely N-dealkylation sites (tertiary alicyclic amines) is 1. The van der Waals surface area contributed by atoms with Crippen LogP contribution in [0.1, 0.15) is 40.0 Å². The Bertz CT molecular complexity index is 266. The zero-order valence-corrected chi connectivity index (χ0v) is 12.4. The quantitative estimate of drug-likeness (QED) is 0.838. The Morgan fingerprint density at radius 2 is 1.94 bits per heavy atom. The first-order valence-corrected chi connectivity index (χ1v) is 7.45. The lowest BCUT2D eigenvalue weighted by molar-refractivity contribution is 0.00214. The molecule has 0 radical (unpaired) electrons. The van der Waals surface area contributed by atoms with E-state index in [2.05, 4.69) is 25.7 Å². The third-order valence-corrected chi connectivity index (χ3v) is 5.04. The van der Waals surface area contributed by atoms with Gasteiger partial charge in [-0.1, -0.05) is 20.8 Å². The van der Waals surface area contributed by atoms with E-state index in [0.717, 1.165) is 38.5 Å². The maximum atomic E-state index is 6.05. The summed E-state index contributed by atoms with van der Waals surface area (Å²) in [4.78, 5) is 2.65. The Labute approximate surface area is 112 Å². The molecule has 2 fully saturated rings. The van der Waals surface area contributed by atoms with Gasteiger partial charge in [0.2, 0.25) is 0 Å². The summed E-state index contributed by atoms with van der Waals surface area (Å²) in [6, 6.07) is 0. The van der Waals surface area contributed by atoms with Gasteiger partial charge >= 0.3 is 0 Å². The van der Waals surface area contributed by atoms with Gasteiger partial charge in [0.1, 0.15) is 0 Å². The van der Waals surface area contributed by atoms with Crippen LogP contribution in [0.15, 0.2) is 0 Å². The SMILES string of the molecule is CC(C)(C)C1CCN(CC2(CN)CCOCC2)C1. The van der Waals surface area contributed by atoms with Crippen molar-refractivity contribution in [2.75, 3.05) is 39.4 Å². The van der Waals surface area contributed by atoms with Crippen molar-refractivity contribution >= 4 is 0 Å². The monoisotopic (exact) mass is 254 g/mol. The summed E-state index contributed by atoms with van der Waals surface area (Å²) in [7, 11) is 0. The van der Waals surface area contributed by atoms with Crippen LogP contribution >= 0.6 is 0 Å². The summed E-state index contributed by atoms with van der Waals surface area (Å²) in [5.41, 5.74) is 6.82. The molecule has 0 aromatic rings. The van der Waals surface area contributed by atoms with Gasteiger partial charge in [0.15, 0.2) is 0 Å². The number of rotatable bonds is 3. The number of hydrogen-bond donors (Lipinski definition) is 1. The number of nitrogens with zero attached hydrogens (tertiary/aromatic N) is 1. The first-order valence-electron chi connectivity index (χ1n) is 7.45. The second-order valence-corrected chi connectivity index (χ2v) is 7.40.